The van der Waals surface area contributed by atoms with Gasteiger partial charge in [-0.15, -0.1) is 11.3 Å². The summed E-state index contributed by atoms with van der Waals surface area (Å²) in [5.74, 6) is -1.08. The van der Waals surface area contributed by atoms with Crippen LogP contribution < -0.4 is 10.6 Å². The molecule has 1 unspecified atom stereocenters. The van der Waals surface area contributed by atoms with Gasteiger partial charge in [0.2, 0.25) is 0 Å². The van der Waals surface area contributed by atoms with Crippen molar-refractivity contribution in [3.8, 4) is 0 Å². The predicted molar refractivity (Wildman–Crippen MR) is 69.2 cm³/mol. The van der Waals surface area contributed by atoms with E-state index in [4.69, 9.17) is 10.2 Å². The molecule has 0 aliphatic rings. The number of aliphatic hydroxyl groups is 1. The first kappa shape index (κ1) is 14.5. The summed E-state index contributed by atoms with van der Waals surface area (Å²) in [6.07, 6.45) is 1.17. The smallest absolute Gasteiger partial charge is 0.338 e. The Kier molecular flexibility index (Phi) is 5.60. The Labute approximate surface area is 109 Å². The topological polar surface area (TPSA) is 98.7 Å². The number of aromatic carboxylic acids is 1. The van der Waals surface area contributed by atoms with E-state index in [1.807, 2.05) is 6.92 Å². The molecule has 1 aromatic heterocycles. The molecule has 0 saturated carbocycles. The number of rotatable bonds is 6. The zero-order valence-electron chi connectivity index (χ0n) is 9.97. The van der Waals surface area contributed by atoms with Crippen LogP contribution in [0.5, 0.6) is 0 Å². The second-order valence-electron chi connectivity index (χ2n) is 3.68. The van der Waals surface area contributed by atoms with Crippen molar-refractivity contribution in [1.82, 2.24) is 5.32 Å². The van der Waals surface area contributed by atoms with Gasteiger partial charge < -0.3 is 15.5 Å². The lowest BCUT2D eigenvalue weighted by atomic mass is 10.2. The highest BCUT2D eigenvalue weighted by atomic mass is 32.1. The van der Waals surface area contributed by atoms with Gasteiger partial charge in [-0.1, -0.05) is 6.92 Å². The molecule has 0 saturated heterocycles. The molecule has 7 heteroatoms. The summed E-state index contributed by atoms with van der Waals surface area (Å²) >= 11 is 1.15. The van der Waals surface area contributed by atoms with Crippen molar-refractivity contribution < 1.29 is 19.8 Å². The van der Waals surface area contributed by atoms with E-state index in [1.54, 1.807) is 5.38 Å². The average molecular weight is 272 g/mol. The van der Waals surface area contributed by atoms with Gasteiger partial charge in [0.25, 0.3) is 0 Å². The van der Waals surface area contributed by atoms with Crippen LogP contribution in [-0.2, 0) is 0 Å². The fourth-order valence-electron chi connectivity index (χ4n) is 1.43. The number of amides is 2. The zero-order chi connectivity index (χ0) is 13.5. The SMILES string of the molecule is CCC(CCO)NC(=O)Nc1sccc1C(=O)O. The summed E-state index contributed by atoms with van der Waals surface area (Å²) < 4.78 is 0. The normalized spacial score (nSPS) is 11.9. The van der Waals surface area contributed by atoms with Crippen molar-refractivity contribution in [2.24, 2.45) is 0 Å². The maximum Gasteiger partial charge on any atom is 0.338 e. The first-order chi connectivity index (χ1) is 8.58. The van der Waals surface area contributed by atoms with Crippen molar-refractivity contribution in [3.05, 3.63) is 17.0 Å². The van der Waals surface area contributed by atoms with Gasteiger partial charge in [-0.25, -0.2) is 9.59 Å². The molecule has 6 nitrogen and oxygen atoms in total. The molecular formula is C11H16N2O4S. The minimum Gasteiger partial charge on any atom is -0.478 e. The van der Waals surface area contributed by atoms with E-state index < -0.39 is 12.0 Å². The van der Waals surface area contributed by atoms with E-state index in [2.05, 4.69) is 10.6 Å². The summed E-state index contributed by atoms with van der Waals surface area (Å²) in [5, 5.41) is 24.8. The molecule has 2 amide bonds. The van der Waals surface area contributed by atoms with Crippen molar-refractivity contribution in [1.29, 1.82) is 0 Å². The monoisotopic (exact) mass is 272 g/mol. The fourth-order valence-corrected chi connectivity index (χ4v) is 2.21. The van der Waals surface area contributed by atoms with Crippen molar-refractivity contribution in [3.63, 3.8) is 0 Å². The Bertz CT molecular complexity index is 419. The van der Waals surface area contributed by atoms with E-state index >= 15 is 0 Å². The third kappa shape index (κ3) is 4.01. The van der Waals surface area contributed by atoms with E-state index in [-0.39, 0.29) is 18.2 Å². The Morgan fingerprint density at radius 1 is 1.50 bits per heavy atom. The quantitative estimate of drug-likeness (QED) is 0.633. The number of carboxylic acid groups (broad SMARTS) is 1. The second-order valence-corrected chi connectivity index (χ2v) is 4.60. The lowest BCUT2D eigenvalue weighted by Crippen LogP contribution is -2.38. The molecule has 1 rings (SSSR count). The van der Waals surface area contributed by atoms with Crippen LogP contribution >= 0.6 is 11.3 Å². The molecule has 1 heterocycles. The maximum absolute atomic E-state index is 11.6. The molecular weight excluding hydrogens is 256 g/mol. The Morgan fingerprint density at radius 2 is 2.22 bits per heavy atom. The van der Waals surface area contributed by atoms with Crippen LogP contribution in [0.4, 0.5) is 9.80 Å². The number of hydrogen-bond acceptors (Lipinski definition) is 4. The number of nitrogens with one attached hydrogen (secondary N) is 2. The van der Waals surface area contributed by atoms with E-state index in [0.717, 1.165) is 11.3 Å². The summed E-state index contributed by atoms with van der Waals surface area (Å²) in [4.78, 5) is 22.5. The molecule has 0 spiro atoms. The van der Waals surface area contributed by atoms with Crippen LogP contribution in [0.3, 0.4) is 0 Å². The van der Waals surface area contributed by atoms with Crippen LogP contribution in [0, 0.1) is 0 Å². The van der Waals surface area contributed by atoms with Crippen molar-refractivity contribution >= 4 is 28.3 Å². The third-order valence-electron chi connectivity index (χ3n) is 2.43. The summed E-state index contributed by atoms with van der Waals surface area (Å²) in [6, 6.07) is 0.858. The summed E-state index contributed by atoms with van der Waals surface area (Å²) in [7, 11) is 0. The van der Waals surface area contributed by atoms with Gasteiger partial charge in [0, 0.05) is 12.6 Å². The van der Waals surface area contributed by atoms with Gasteiger partial charge in [-0.3, -0.25) is 5.32 Å². The van der Waals surface area contributed by atoms with Crippen LogP contribution in [-0.4, -0.2) is 34.9 Å². The molecule has 0 aliphatic carbocycles. The van der Waals surface area contributed by atoms with Crippen LogP contribution in [0.1, 0.15) is 30.1 Å². The summed E-state index contributed by atoms with van der Waals surface area (Å²) in [5.41, 5.74) is 0.0744. The van der Waals surface area contributed by atoms with Gasteiger partial charge >= 0.3 is 12.0 Å². The first-order valence-electron chi connectivity index (χ1n) is 5.57. The molecule has 4 N–H and O–H groups in total. The first-order valence-corrected chi connectivity index (χ1v) is 6.45. The molecule has 0 aromatic carbocycles. The van der Waals surface area contributed by atoms with E-state index in [9.17, 15) is 9.59 Å². The molecule has 0 radical (unpaired) electrons. The number of carboxylic acids is 1. The van der Waals surface area contributed by atoms with Crippen molar-refractivity contribution in [2.45, 2.75) is 25.8 Å². The van der Waals surface area contributed by atoms with Crippen molar-refractivity contribution in [2.75, 3.05) is 11.9 Å². The average Bonchev–Trinajstić information content (AvgIpc) is 2.76. The van der Waals surface area contributed by atoms with E-state index in [1.165, 1.54) is 6.07 Å². The zero-order valence-corrected chi connectivity index (χ0v) is 10.8. The van der Waals surface area contributed by atoms with Crippen LogP contribution in [0.2, 0.25) is 0 Å². The number of carbonyl (C=O) groups is 2. The lowest BCUT2D eigenvalue weighted by Gasteiger charge is -2.15. The van der Waals surface area contributed by atoms with Gasteiger partial charge in [0.1, 0.15) is 5.00 Å². The highest BCUT2D eigenvalue weighted by Crippen LogP contribution is 2.22. The number of urea groups is 1. The lowest BCUT2D eigenvalue weighted by molar-refractivity contribution is 0.0698. The van der Waals surface area contributed by atoms with Crippen LogP contribution in [0.15, 0.2) is 11.4 Å². The Hall–Kier alpha value is -1.60. The highest BCUT2D eigenvalue weighted by molar-refractivity contribution is 7.14. The van der Waals surface area contributed by atoms with Gasteiger partial charge in [-0.2, -0.15) is 0 Å². The van der Waals surface area contributed by atoms with E-state index in [0.29, 0.717) is 17.8 Å². The highest BCUT2D eigenvalue weighted by Gasteiger charge is 2.15. The number of aliphatic hydroxyl groups excluding tert-OH is 1. The molecule has 0 aliphatic heterocycles. The maximum atomic E-state index is 11.6. The number of anilines is 1. The minimum atomic E-state index is -1.08. The number of hydrogen-bond donors (Lipinski definition) is 4. The number of carbonyl (C=O) groups excluding carboxylic acids is 1. The molecule has 1 atom stereocenters. The molecule has 100 valence electrons. The largest absolute Gasteiger partial charge is 0.478 e. The standard InChI is InChI=1S/C11H16N2O4S/c1-2-7(3-5-14)12-11(17)13-9-8(10(15)16)4-6-18-9/h4,6-7,14H,2-3,5H2,1H3,(H,15,16)(H2,12,13,17). The van der Waals surface area contributed by atoms with Crippen LogP contribution in [0.25, 0.3) is 0 Å². The molecule has 1 aromatic rings. The second kappa shape index (κ2) is 6.97. The van der Waals surface area contributed by atoms with Gasteiger partial charge in [-0.05, 0) is 24.3 Å². The molecule has 18 heavy (non-hydrogen) atoms. The Balaban J connectivity index is 2.58. The Morgan fingerprint density at radius 3 is 2.78 bits per heavy atom. The molecule has 0 fully saturated rings. The number of thiophene rings is 1. The van der Waals surface area contributed by atoms with Gasteiger partial charge in [0.05, 0.1) is 5.56 Å². The van der Waals surface area contributed by atoms with Gasteiger partial charge in [0.15, 0.2) is 0 Å². The molecule has 0 bridgehead atoms. The third-order valence-corrected chi connectivity index (χ3v) is 3.26. The predicted octanol–water partition coefficient (Wildman–Crippen LogP) is 1.73. The fraction of sp³-hybridized carbons (Fsp3) is 0.455. The minimum absolute atomic E-state index is 0.00182. The summed E-state index contributed by atoms with van der Waals surface area (Å²) in [6.45, 7) is 1.90.